The van der Waals surface area contributed by atoms with Gasteiger partial charge < -0.3 is 15.0 Å². The highest BCUT2D eigenvalue weighted by atomic mass is 16.5. The molecular formula is C24H27N3O5. The zero-order chi connectivity index (χ0) is 23.1. The molecule has 8 nitrogen and oxygen atoms in total. The third-order valence-corrected chi connectivity index (χ3v) is 5.13. The lowest BCUT2D eigenvalue weighted by atomic mass is 10.0. The molecule has 0 radical (unpaired) electrons. The first-order valence-corrected chi connectivity index (χ1v) is 10.5. The van der Waals surface area contributed by atoms with Gasteiger partial charge in [0.1, 0.15) is 25.7 Å². The van der Waals surface area contributed by atoms with E-state index in [1.807, 2.05) is 74.5 Å². The van der Waals surface area contributed by atoms with Crippen molar-refractivity contribution in [2.75, 3.05) is 13.1 Å². The number of esters is 1. The van der Waals surface area contributed by atoms with Gasteiger partial charge in [0.25, 0.3) is 5.91 Å². The summed E-state index contributed by atoms with van der Waals surface area (Å²) in [6, 6.07) is 17.4. The first-order valence-electron chi connectivity index (χ1n) is 10.5. The topological polar surface area (TPSA) is 96.0 Å². The number of urea groups is 1. The van der Waals surface area contributed by atoms with Crippen molar-refractivity contribution >= 4 is 23.8 Å². The Kier molecular flexibility index (Phi) is 7.59. The standard InChI is InChI=1S/C24H27N3O5/c1-17(2)22-23(30)27(24(31)26(22)14-18-9-5-3-6-10-18)15-20(28)25-13-21(29)32-16-19-11-7-4-8-12-19/h3-12,17,22H,13-16H2,1-2H3,(H,25,28)/t22-/m1/s1. The number of nitrogens with one attached hydrogen (secondary N) is 1. The molecule has 1 fully saturated rings. The lowest BCUT2D eigenvalue weighted by molar-refractivity contribution is -0.145. The van der Waals surface area contributed by atoms with Crippen LogP contribution in [0.15, 0.2) is 60.7 Å². The molecule has 0 bridgehead atoms. The molecule has 3 rings (SSSR count). The summed E-state index contributed by atoms with van der Waals surface area (Å²) in [5, 5.41) is 2.42. The molecule has 2 aromatic rings. The number of carbonyl (C=O) groups excluding carboxylic acids is 4. The van der Waals surface area contributed by atoms with Gasteiger partial charge in [-0.2, -0.15) is 0 Å². The molecule has 1 aliphatic heterocycles. The third-order valence-electron chi connectivity index (χ3n) is 5.13. The Morgan fingerprint density at radius 1 is 0.969 bits per heavy atom. The molecule has 0 spiro atoms. The van der Waals surface area contributed by atoms with Gasteiger partial charge in [-0.3, -0.25) is 19.3 Å². The van der Waals surface area contributed by atoms with Crippen LogP contribution in [0, 0.1) is 5.92 Å². The first kappa shape index (κ1) is 23.0. The lowest BCUT2D eigenvalue weighted by Gasteiger charge is -2.24. The van der Waals surface area contributed by atoms with Gasteiger partial charge in [-0.25, -0.2) is 4.79 Å². The molecule has 32 heavy (non-hydrogen) atoms. The molecule has 0 unspecified atom stereocenters. The molecule has 1 heterocycles. The summed E-state index contributed by atoms with van der Waals surface area (Å²) >= 11 is 0. The summed E-state index contributed by atoms with van der Waals surface area (Å²) in [7, 11) is 0. The molecule has 4 amide bonds. The highest BCUT2D eigenvalue weighted by Crippen LogP contribution is 2.25. The number of ether oxygens (including phenoxy) is 1. The van der Waals surface area contributed by atoms with Crippen molar-refractivity contribution in [1.29, 1.82) is 0 Å². The molecule has 1 saturated heterocycles. The average Bonchev–Trinajstić information content (AvgIpc) is 3.02. The summed E-state index contributed by atoms with van der Waals surface area (Å²) in [6.07, 6.45) is 0. The van der Waals surface area contributed by atoms with Gasteiger partial charge in [0.15, 0.2) is 0 Å². The number of nitrogens with zero attached hydrogens (tertiary/aromatic N) is 2. The first-order chi connectivity index (χ1) is 15.4. The van der Waals surface area contributed by atoms with Crippen LogP contribution >= 0.6 is 0 Å². The van der Waals surface area contributed by atoms with E-state index < -0.39 is 36.4 Å². The predicted molar refractivity (Wildman–Crippen MR) is 117 cm³/mol. The minimum Gasteiger partial charge on any atom is -0.460 e. The summed E-state index contributed by atoms with van der Waals surface area (Å²) in [6.45, 7) is 3.31. The van der Waals surface area contributed by atoms with Crippen LogP contribution in [-0.2, 0) is 32.3 Å². The monoisotopic (exact) mass is 437 g/mol. The Labute approximate surface area is 187 Å². The van der Waals surface area contributed by atoms with Crippen LogP contribution in [0.2, 0.25) is 0 Å². The molecule has 1 N–H and O–H groups in total. The van der Waals surface area contributed by atoms with E-state index >= 15 is 0 Å². The molecule has 8 heteroatoms. The van der Waals surface area contributed by atoms with Crippen molar-refractivity contribution < 1.29 is 23.9 Å². The van der Waals surface area contributed by atoms with Gasteiger partial charge >= 0.3 is 12.0 Å². The van der Waals surface area contributed by atoms with Gasteiger partial charge in [0.2, 0.25) is 5.91 Å². The minimum absolute atomic E-state index is 0.100. The van der Waals surface area contributed by atoms with Gasteiger partial charge in [-0.15, -0.1) is 0 Å². The van der Waals surface area contributed by atoms with E-state index in [0.717, 1.165) is 16.0 Å². The van der Waals surface area contributed by atoms with E-state index in [-0.39, 0.29) is 25.6 Å². The third kappa shape index (κ3) is 5.72. The van der Waals surface area contributed by atoms with E-state index in [1.165, 1.54) is 4.90 Å². The highest BCUT2D eigenvalue weighted by molar-refractivity contribution is 6.06. The normalized spacial score (nSPS) is 15.9. The number of hydrogen-bond acceptors (Lipinski definition) is 5. The number of carbonyl (C=O) groups is 4. The van der Waals surface area contributed by atoms with Crippen molar-refractivity contribution in [3.05, 3.63) is 71.8 Å². The zero-order valence-corrected chi connectivity index (χ0v) is 18.2. The summed E-state index contributed by atoms with van der Waals surface area (Å²) in [5.74, 6) is -1.74. The van der Waals surface area contributed by atoms with Crippen LogP contribution < -0.4 is 5.32 Å². The molecule has 0 saturated carbocycles. The van der Waals surface area contributed by atoms with E-state index in [9.17, 15) is 19.2 Å². The van der Waals surface area contributed by atoms with Crippen molar-refractivity contribution in [3.8, 4) is 0 Å². The van der Waals surface area contributed by atoms with Crippen molar-refractivity contribution in [1.82, 2.24) is 15.1 Å². The maximum absolute atomic E-state index is 12.9. The number of rotatable bonds is 9. The number of imide groups is 1. The maximum Gasteiger partial charge on any atom is 0.328 e. The van der Waals surface area contributed by atoms with Crippen LogP contribution in [0.3, 0.4) is 0 Å². The smallest absolute Gasteiger partial charge is 0.328 e. The Bertz CT molecular complexity index is 962. The molecule has 1 aliphatic rings. The summed E-state index contributed by atoms with van der Waals surface area (Å²) < 4.78 is 5.11. The zero-order valence-electron chi connectivity index (χ0n) is 18.2. The SMILES string of the molecule is CC(C)[C@@H]1C(=O)N(CC(=O)NCC(=O)OCc2ccccc2)C(=O)N1Cc1ccccc1. The molecule has 0 aromatic heterocycles. The summed E-state index contributed by atoms with van der Waals surface area (Å²) in [4.78, 5) is 52.5. The second-order valence-electron chi connectivity index (χ2n) is 7.93. The Hall–Kier alpha value is -3.68. The molecule has 1 atom stereocenters. The Morgan fingerprint density at radius 2 is 1.56 bits per heavy atom. The second kappa shape index (κ2) is 10.6. The average molecular weight is 437 g/mol. The van der Waals surface area contributed by atoms with E-state index in [0.29, 0.717) is 0 Å². The number of amides is 4. The van der Waals surface area contributed by atoms with Crippen molar-refractivity contribution in [2.24, 2.45) is 5.92 Å². The van der Waals surface area contributed by atoms with Gasteiger partial charge in [-0.1, -0.05) is 74.5 Å². The second-order valence-corrected chi connectivity index (χ2v) is 7.93. The van der Waals surface area contributed by atoms with E-state index in [2.05, 4.69) is 5.32 Å². The molecule has 168 valence electrons. The molecular weight excluding hydrogens is 410 g/mol. The largest absolute Gasteiger partial charge is 0.460 e. The number of benzene rings is 2. The van der Waals surface area contributed by atoms with Gasteiger partial charge in [0, 0.05) is 6.54 Å². The fourth-order valence-corrected chi connectivity index (χ4v) is 3.56. The van der Waals surface area contributed by atoms with Crippen LogP contribution in [-0.4, -0.2) is 52.7 Å². The fraction of sp³-hybridized carbons (Fsp3) is 0.333. The maximum atomic E-state index is 12.9. The van der Waals surface area contributed by atoms with E-state index in [4.69, 9.17) is 4.74 Å². The van der Waals surface area contributed by atoms with E-state index in [1.54, 1.807) is 0 Å². The predicted octanol–water partition coefficient (Wildman–Crippen LogP) is 2.33. The minimum atomic E-state index is -0.647. The van der Waals surface area contributed by atoms with Gasteiger partial charge in [0.05, 0.1) is 0 Å². The number of hydrogen-bond donors (Lipinski definition) is 1. The van der Waals surface area contributed by atoms with Crippen LogP contribution in [0.1, 0.15) is 25.0 Å². The van der Waals surface area contributed by atoms with Crippen molar-refractivity contribution in [3.63, 3.8) is 0 Å². The molecule has 0 aliphatic carbocycles. The molecule has 2 aromatic carbocycles. The summed E-state index contributed by atoms with van der Waals surface area (Å²) in [5.41, 5.74) is 1.73. The lowest BCUT2D eigenvalue weighted by Crippen LogP contribution is -2.43. The van der Waals surface area contributed by atoms with Crippen LogP contribution in [0.5, 0.6) is 0 Å². The van der Waals surface area contributed by atoms with Gasteiger partial charge in [-0.05, 0) is 17.0 Å². The highest BCUT2D eigenvalue weighted by Gasteiger charge is 2.46. The van der Waals surface area contributed by atoms with Crippen LogP contribution in [0.4, 0.5) is 4.79 Å². The van der Waals surface area contributed by atoms with Crippen LogP contribution in [0.25, 0.3) is 0 Å². The fourth-order valence-electron chi connectivity index (χ4n) is 3.56. The Morgan fingerprint density at radius 3 is 2.16 bits per heavy atom. The quantitative estimate of drug-likeness (QED) is 0.480. The van der Waals surface area contributed by atoms with Crippen molar-refractivity contribution in [2.45, 2.75) is 33.0 Å². The Balaban J connectivity index is 1.54.